The van der Waals surface area contributed by atoms with Crippen molar-refractivity contribution in [1.82, 2.24) is 19.7 Å². The summed E-state index contributed by atoms with van der Waals surface area (Å²) < 4.78 is 1.90. The van der Waals surface area contributed by atoms with Gasteiger partial charge in [0.15, 0.2) is 5.65 Å². The van der Waals surface area contributed by atoms with Gasteiger partial charge in [0.05, 0.1) is 17.1 Å². The number of benzene rings is 1. The zero-order valence-corrected chi connectivity index (χ0v) is 18.2. The first kappa shape index (κ1) is 20.4. The van der Waals surface area contributed by atoms with Crippen molar-refractivity contribution >= 4 is 16.9 Å². The Kier molecular flexibility index (Phi) is 5.50. The summed E-state index contributed by atoms with van der Waals surface area (Å²) in [6.07, 6.45) is 3.63. The van der Waals surface area contributed by atoms with Crippen LogP contribution in [0.3, 0.4) is 0 Å². The number of hydrogen-bond acceptors (Lipinski definition) is 4. The van der Waals surface area contributed by atoms with E-state index in [1.54, 1.807) is 18.3 Å². The molecule has 1 aromatic carbocycles. The predicted octanol–water partition coefficient (Wildman–Crippen LogP) is 4.86. The van der Waals surface area contributed by atoms with E-state index in [1.807, 2.05) is 27.8 Å². The maximum absolute atomic E-state index is 13.5. The van der Waals surface area contributed by atoms with Crippen molar-refractivity contribution in [2.45, 2.75) is 58.4 Å². The number of rotatable bonds is 4. The van der Waals surface area contributed by atoms with E-state index in [0.29, 0.717) is 11.5 Å². The number of phenolic OH excluding ortho intramolecular Hbond substituents is 1. The molecule has 1 aliphatic rings. The smallest absolute Gasteiger partial charge is 0.254 e. The van der Waals surface area contributed by atoms with Gasteiger partial charge in [-0.25, -0.2) is 9.67 Å². The highest BCUT2D eigenvalue weighted by molar-refractivity contribution is 6.05. The van der Waals surface area contributed by atoms with Crippen molar-refractivity contribution in [1.29, 1.82) is 0 Å². The number of carbonyl (C=O) groups excluding carboxylic acids is 1. The molecule has 1 aliphatic heterocycles. The molecule has 3 aromatic rings. The third kappa shape index (κ3) is 3.78. The summed E-state index contributed by atoms with van der Waals surface area (Å²) in [6, 6.07) is 9.58. The number of carbonyl (C=O) groups is 1. The van der Waals surface area contributed by atoms with Crippen LogP contribution in [0.5, 0.6) is 5.75 Å². The van der Waals surface area contributed by atoms with E-state index in [4.69, 9.17) is 4.98 Å². The van der Waals surface area contributed by atoms with Gasteiger partial charge >= 0.3 is 0 Å². The highest BCUT2D eigenvalue weighted by Crippen LogP contribution is 2.31. The van der Waals surface area contributed by atoms with Gasteiger partial charge in [-0.3, -0.25) is 4.79 Å². The fourth-order valence-corrected chi connectivity index (χ4v) is 4.22. The van der Waals surface area contributed by atoms with E-state index in [2.05, 4.69) is 32.8 Å². The summed E-state index contributed by atoms with van der Waals surface area (Å²) in [7, 11) is 0. The number of amides is 1. The standard InChI is InChI=1S/C24H30N4O2/c1-15(2)22-13-20(21-14-25-28(16(3)4)23(21)26-22)24(30)27-11-9-18(10-12-27)17-5-7-19(29)8-6-17/h5-8,13-16,18,29H,9-12H2,1-4H3. The van der Waals surface area contributed by atoms with Gasteiger partial charge in [-0.1, -0.05) is 26.0 Å². The van der Waals surface area contributed by atoms with Gasteiger partial charge in [0.2, 0.25) is 0 Å². The average molecular weight is 407 g/mol. The van der Waals surface area contributed by atoms with Gasteiger partial charge in [-0.2, -0.15) is 5.10 Å². The summed E-state index contributed by atoms with van der Waals surface area (Å²) in [5, 5.41) is 14.9. The van der Waals surface area contributed by atoms with Crippen molar-refractivity contribution < 1.29 is 9.90 Å². The van der Waals surface area contributed by atoms with Gasteiger partial charge in [-0.05, 0) is 62.3 Å². The molecule has 2 aromatic heterocycles. The Morgan fingerprint density at radius 3 is 2.37 bits per heavy atom. The Morgan fingerprint density at radius 1 is 1.10 bits per heavy atom. The van der Waals surface area contributed by atoms with E-state index in [0.717, 1.165) is 42.7 Å². The van der Waals surface area contributed by atoms with Crippen LogP contribution < -0.4 is 0 Å². The molecule has 0 atom stereocenters. The first-order chi connectivity index (χ1) is 14.3. The minimum absolute atomic E-state index is 0.0664. The lowest BCUT2D eigenvalue weighted by molar-refractivity contribution is 0.0715. The van der Waals surface area contributed by atoms with Crippen molar-refractivity contribution in [3.63, 3.8) is 0 Å². The molecule has 30 heavy (non-hydrogen) atoms. The van der Waals surface area contributed by atoms with Gasteiger partial charge in [-0.15, -0.1) is 0 Å². The monoisotopic (exact) mass is 406 g/mol. The maximum Gasteiger partial charge on any atom is 0.254 e. The molecule has 0 spiro atoms. The van der Waals surface area contributed by atoms with E-state index >= 15 is 0 Å². The Labute approximate surface area is 177 Å². The topological polar surface area (TPSA) is 71.2 Å². The highest BCUT2D eigenvalue weighted by Gasteiger charge is 2.27. The number of likely N-dealkylation sites (tertiary alicyclic amines) is 1. The minimum Gasteiger partial charge on any atom is -0.508 e. The van der Waals surface area contributed by atoms with E-state index in [9.17, 15) is 9.90 Å². The number of phenols is 1. The van der Waals surface area contributed by atoms with E-state index < -0.39 is 0 Å². The minimum atomic E-state index is 0.0664. The van der Waals surface area contributed by atoms with Crippen LogP contribution in [-0.4, -0.2) is 43.8 Å². The molecule has 0 aliphatic carbocycles. The molecule has 4 rings (SSSR count). The van der Waals surface area contributed by atoms with Crippen LogP contribution in [0.4, 0.5) is 0 Å². The molecule has 0 saturated carbocycles. The normalized spacial score (nSPS) is 15.5. The van der Waals surface area contributed by atoms with Gasteiger partial charge in [0, 0.05) is 24.8 Å². The molecular weight excluding hydrogens is 376 g/mol. The summed E-state index contributed by atoms with van der Waals surface area (Å²) >= 11 is 0. The Balaban J connectivity index is 1.59. The average Bonchev–Trinajstić information content (AvgIpc) is 3.17. The number of aromatic hydroxyl groups is 1. The quantitative estimate of drug-likeness (QED) is 0.672. The zero-order valence-electron chi connectivity index (χ0n) is 18.2. The third-order valence-electron chi connectivity index (χ3n) is 6.04. The Morgan fingerprint density at radius 2 is 1.77 bits per heavy atom. The molecule has 3 heterocycles. The van der Waals surface area contributed by atoms with Crippen LogP contribution in [0.25, 0.3) is 11.0 Å². The second kappa shape index (κ2) is 8.09. The molecule has 1 saturated heterocycles. The first-order valence-electron chi connectivity index (χ1n) is 10.8. The maximum atomic E-state index is 13.5. The van der Waals surface area contributed by atoms with Crippen molar-refractivity contribution in [2.75, 3.05) is 13.1 Å². The molecule has 6 heteroatoms. The van der Waals surface area contributed by atoms with Crippen LogP contribution in [0.2, 0.25) is 0 Å². The van der Waals surface area contributed by atoms with Crippen LogP contribution in [-0.2, 0) is 0 Å². The number of nitrogens with zero attached hydrogens (tertiary/aromatic N) is 4. The molecule has 0 bridgehead atoms. The van der Waals surface area contributed by atoms with Gasteiger partial charge < -0.3 is 10.0 Å². The highest BCUT2D eigenvalue weighted by atomic mass is 16.3. The molecule has 0 radical (unpaired) electrons. The molecule has 1 N–H and O–H groups in total. The summed E-state index contributed by atoms with van der Waals surface area (Å²) in [4.78, 5) is 20.3. The number of fused-ring (bicyclic) bond motifs is 1. The molecule has 1 amide bonds. The molecule has 0 unspecified atom stereocenters. The lowest BCUT2D eigenvalue weighted by Gasteiger charge is -2.32. The van der Waals surface area contributed by atoms with E-state index in [-0.39, 0.29) is 23.6 Å². The van der Waals surface area contributed by atoms with E-state index in [1.165, 1.54) is 5.56 Å². The van der Waals surface area contributed by atoms with Gasteiger partial charge in [0.1, 0.15) is 5.75 Å². The predicted molar refractivity (Wildman–Crippen MR) is 118 cm³/mol. The number of aromatic nitrogens is 3. The fourth-order valence-electron chi connectivity index (χ4n) is 4.22. The summed E-state index contributed by atoms with van der Waals surface area (Å²) in [5.74, 6) is 1.01. The zero-order chi connectivity index (χ0) is 21.4. The van der Waals surface area contributed by atoms with Gasteiger partial charge in [0.25, 0.3) is 5.91 Å². The lowest BCUT2D eigenvalue weighted by Crippen LogP contribution is -2.38. The summed E-state index contributed by atoms with van der Waals surface area (Å²) in [6.45, 7) is 9.80. The molecular formula is C24H30N4O2. The van der Waals surface area contributed by atoms with Crippen molar-refractivity contribution in [3.8, 4) is 5.75 Å². The van der Waals surface area contributed by atoms with Crippen LogP contribution in [0.1, 0.15) is 80.0 Å². The first-order valence-corrected chi connectivity index (χ1v) is 10.8. The fraction of sp³-hybridized carbons (Fsp3) is 0.458. The third-order valence-corrected chi connectivity index (χ3v) is 6.04. The largest absolute Gasteiger partial charge is 0.508 e. The Bertz CT molecular complexity index is 1050. The molecule has 6 nitrogen and oxygen atoms in total. The number of hydrogen-bond donors (Lipinski definition) is 1. The van der Waals surface area contributed by atoms with Crippen LogP contribution >= 0.6 is 0 Å². The summed E-state index contributed by atoms with van der Waals surface area (Å²) in [5.41, 5.74) is 3.65. The number of piperidine rings is 1. The second-order valence-electron chi connectivity index (χ2n) is 8.83. The second-order valence-corrected chi connectivity index (χ2v) is 8.83. The van der Waals surface area contributed by atoms with Crippen molar-refractivity contribution in [3.05, 3.63) is 53.3 Å². The molecule has 158 valence electrons. The molecule has 1 fully saturated rings. The lowest BCUT2D eigenvalue weighted by atomic mass is 9.89. The SMILES string of the molecule is CC(C)c1cc(C(=O)N2CCC(c3ccc(O)cc3)CC2)c2cnn(C(C)C)c2n1. The van der Waals surface area contributed by atoms with Crippen LogP contribution in [0.15, 0.2) is 36.5 Å². The Hall–Kier alpha value is -2.89. The number of pyridine rings is 1. The van der Waals surface area contributed by atoms with Crippen LogP contribution in [0, 0.1) is 0 Å². The van der Waals surface area contributed by atoms with Crippen molar-refractivity contribution in [2.24, 2.45) is 0 Å².